The number of phenolic OH excluding ortho intramolecular Hbond substituents is 1. The van der Waals surface area contributed by atoms with Crippen LogP contribution in [0.15, 0.2) is 0 Å². The summed E-state index contributed by atoms with van der Waals surface area (Å²) < 4.78 is 21.9. The quantitative estimate of drug-likeness (QED) is 0.187. The zero-order valence-electron chi connectivity index (χ0n) is 21.2. The summed E-state index contributed by atoms with van der Waals surface area (Å²) in [5, 5.41) is 59.5. The van der Waals surface area contributed by atoms with Crippen LogP contribution in [-0.2, 0) is 16.0 Å². The van der Waals surface area contributed by atoms with Gasteiger partial charge < -0.3 is 49.6 Å². The molecule has 1 aromatic carbocycles. The highest BCUT2D eigenvalue weighted by Crippen LogP contribution is 2.50. The van der Waals surface area contributed by atoms with Gasteiger partial charge in [0.2, 0.25) is 17.8 Å². The summed E-state index contributed by atoms with van der Waals surface area (Å²) in [6.07, 6.45) is -0.596. The molecule has 0 amide bonds. The van der Waals surface area contributed by atoms with Crippen LogP contribution in [0.4, 0.5) is 0 Å². The number of carboxylic acid groups (broad SMARTS) is 1. The molecular formula is C25H40O11. The molecule has 0 aromatic heterocycles. The lowest BCUT2D eigenvalue weighted by molar-refractivity contribution is -0.271. The third-order valence-electron chi connectivity index (χ3n) is 6.50. The molecule has 1 aliphatic rings. The number of rotatable bonds is 15. The Balaban J connectivity index is 2.23. The molecule has 0 saturated carbocycles. The highest BCUT2D eigenvalue weighted by atomic mass is 16.7. The van der Waals surface area contributed by atoms with Crippen LogP contribution in [0.25, 0.3) is 0 Å². The number of carbonyl (C=O) groups is 1. The van der Waals surface area contributed by atoms with E-state index in [0.29, 0.717) is 17.5 Å². The van der Waals surface area contributed by atoms with Crippen LogP contribution in [-0.4, -0.2) is 88.1 Å². The minimum atomic E-state index is -1.85. The van der Waals surface area contributed by atoms with Crippen molar-refractivity contribution in [3.05, 3.63) is 11.1 Å². The number of aliphatic carboxylic acids is 1. The van der Waals surface area contributed by atoms with E-state index in [-0.39, 0.29) is 29.6 Å². The number of aliphatic hydroxyl groups excluding tert-OH is 4. The number of unbranched alkanes of at least 4 members (excludes halogenated alkanes) is 7. The number of phenols is 1. The molecule has 11 nitrogen and oxygen atoms in total. The largest absolute Gasteiger partial charge is 0.504 e. The van der Waals surface area contributed by atoms with E-state index in [1.807, 2.05) is 0 Å². The fourth-order valence-corrected chi connectivity index (χ4v) is 4.37. The van der Waals surface area contributed by atoms with Gasteiger partial charge in [-0.15, -0.1) is 0 Å². The van der Waals surface area contributed by atoms with Crippen molar-refractivity contribution in [3.63, 3.8) is 0 Å². The monoisotopic (exact) mass is 516 g/mol. The topological polar surface area (TPSA) is 175 Å². The van der Waals surface area contributed by atoms with Crippen molar-refractivity contribution in [1.29, 1.82) is 0 Å². The summed E-state index contributed by atoms with van der Waals surface area (Å²) in [4.78, 5) is 11.5. The molecule has 5 atom stereocenters. The second kappa shape index (κ2) is 14.4. The van der Waals surface area contributed by atoms with E-state index in [2.05, 4.69) is 0 Å². The molecule has 1 aliphatic heterocycles. The number of carboxylic acids is 1. The first kappa shape index (κ1) is 29.9. The van der Waals surface area contributed by atoms with Gasteiger partial charge in [0.05, 0.1) is 14.2 Å². The maximum Gasteiger partial charge on any atom is 0.335 e. The number of hydrogen-bond donors (Lipinski definition) is 6. The smallest absolute Gasteiger partial charge is 0.335 e. The number of aromatic hydroxyl groups is 1. The molecule has 1 heterocycles. The van der Waals surface area contributed by atoms with Crippen LogP contribution in [0, 0.1) is 6.92 Å². The predicted molar refractivity (Wildman–Crippen MR) is 129 cm³/mol. The minimum absolute atomic E-state index is 0.00250. The Hall–Kier alpha value is -2.31. The van der Waals surface area contributed by atoms with Crippen LogP contribution in [0.5, 0.6) is 23.0 Å². The maximum absolute atomic E-state index is 11.5. The molecule has 36 heavy (non-hydrogen) atoms. The lowest BCUT2D eigenvalue weighted by atomic mass is 9.97. The Kier molecular flexibility index (Phi) is 12.0. The SMILES string of the molecule is COc1c(O)c(C)c(CCCCCCCCCCO)c(O[C@H]2O[C@@H](C(=O)O)[C@H](O)[C@@H](O)[C@@H]2O)c1OC. The van der Waals surface area contributed by atoms with E-state index in [9.17, 15) is 30.3 Å². The van der Waals surface area contributed by atoms with Gasteiger partial charge in [-0.2, -0.15) is 0 Å². The highest BCUT2D eigenvalue weighted by Gasteiger charge is 2.48. The molecule has 6 N–H and O–H groups in total. The van der Waals surface area contributed by atoms with Gasteiger partial charge in [0.25, 0.3) is 0 Å². The van der Waals surface area contributed by atoms with Gasteiger partial charge in [0, 0.05) is 17.7 Å². The molecule has 0 spiro atoms. The molecule has 1 aromatic rings. The molecule has 1 fully saturated rings. The van der Waals surface area contributed by atoms with Crippen molar-refractivity contribution >= 4 is 5.97 Å². The van der Waals surface area contributed by atoms with Crippen LogP contribution >= 0.6 is 0 Å². The van der Waals surface area contributed by atoms with Crippen molar-refractivity contribution in [1.82, 2.24) is 0 Å². The molecule has 0 aliphatic carbocycles. The molecule has 0 unspecified atom stereocenters. The normalized spacial score (nSPS) is 23.9. The first-order chi connectivity index (χ1) is 17.2. The Morgan fingerprint density at radius 3 is 1.92 bits per heavy atom. The molecule has 0 radical (unpaired) electrons. The number of benzene rings is 1. The number of ether oxygens (including phenoxy) is 4. The predicted octanol–water partition coefficient (Wildman–Crippen LogP) is 1.64. The molecule has 2 rings (SSSR count). The third-order valence-corrected chi connectivity index (χ3v) is 6.50. The molecule has 11 heteroatoms. The minimum Gasteiger partial charge on any atom is -0.504 e. The van der Waals surface area contributed by atoms with Crippen molar-refractivity contribution in [2.45, 2.75) is 95.4 Å². The zero-order valence-corrected chi connectivity index (χ0v) is 21.2. The van der Waals surface area contributed by atoms with Crippen molar-refractivity contribution in [3.8, 4) is 23.0 Å². The molecular weight excluding hydrogens is 476 g/mol. The van der Waals surface area contributed by atoms with E-state index in [0.717, 1.165) is 51.4 Å². The average molecular weight is 517 g/mol. The first-order valence-electron chi connectivity index (χ1n) is 12.4. The summed E-state index contributed by atoms with van der Waals surface area (Å²) in [5.74, 6) is -1.54. The summed E-state index contributed by atoms with van der Waals surface area (Å²) in [6.45, 7) is 1.90. The van der Waals surface area contributed by atoms with Crippen LogP contribution in [0.3, 0.4) is 0 Å². The summed E-state index contributed by atoms with van der Waals surface area (Å²) >= 11 is 0. The van der Waals surface area contributed by atoms with Crippen molar-refractivity contribution in [2.24, 2.45) is 0 Å². The Bertz CT molecular complexity index is 844. The maximum atomic E-state index is 11.5. The summed E-state index contributed by atoms with van der Waals surface area (Å²) in [6, 6.07) is 0. The van der Waals surface area contributed by atoms with Gasteiger partial charge in [0.15, 0.2) is 17.6 Å². The lowest BCUT2D eigenvalue weighted by Crippen LogP contribution is -2.61. The van der Waals surface area contributed by atoms with Crippen LogP contribution in [0.2, 0.25) is 0 Å². The average Bonchev–Trinajstić information content (AvgIpc) is 2.86. The first-order valence-corrected chi connectivity index (χ1v) is 12.4. The fourth-order valence-electron chi connectivity index (χ4n) is 4.37. The van der Waals surface area contributed by atoms with Gasteiger partial charge in [0.1, 0.15) is 18.3 Å². The summed E-state index contributed by atoms with van der Waals surface area (Å²) in [5.41, 5.74) is 1.03. The molecule has 1 saturated heterocycles. The molecule has 0 bridgehead atoms. The van der Waals surface area contributed by atoms with Crippen molar-refractivity contribution in [2.75, 3.05) is 20.8 Å². The number of methoxy groups -OCH3 is 2. The lowest BCUT2D eigenvalue weighted by Gasteiger charge is -2.39. The molecule has 206 valence electrons. The van der Waals surface area contributed by atoms with E-state index in [1.54, 1.807) is 6.92 Å². The van der Waals surface area contributed by atoms with Crippen LogP contribution in [0.1, 0.15) is 62.5 Å². The zero-order chi connectivity index (χ0) is 26.8. The van der Waals surface area contributed by atoms with Gasteiger partial charge in [-0.25, -0.2) is 4.79 Å². The Labute approximate surface area is 211 Å². The number of hydrogen-bond acceptors (Lipinski definition) is 10. The van der Waals surface area contributed by atoms with Crippen LogP contribution < -0.4 is 14.2 Å². The second-order valence-electron chi connectivity index (χ2n) is 9.00. The Morgan fingerprint density at radius 2 is 1.39 bits per heavy atom. The number of aliphatic hydroxyl groups is 4. The van der Waals surface area contributed by atoms with Crippen molar-refractivity contribution < 1.29 is 54.4 Å². The van der Waals surface area contributed by atoms with E-state index in [1.165, 1.54) is 14.2 Å². The van der Waals surface area contributed by atoms with Gasteiger partial charge in [-0.3, -0.25) is 0 Å². The second-order valence-corrected chi connectivity index (χ2v) is 9.00. The fraction of sp³-hybridized carbons (Fsp3) is 0.720. The standard InChI is InChI=1S/C25H40O11/c1-14-15(12-10-8-6-4-5-7-9-11-13-26)20(23(34-3)21(33-2)16(14)27)35-25-19(30)17(28)18(29)22(36-25)24(31)32/h17-19,22,25-30H,4-13H2,1-3H3,(H,31,32)/t17-,18-,19+,22-,25+/m1/s1. The Morgan fingerprint density at radius 1 is 0.833 bits per heavy atom. The van der Waals surface area contributed by atoms with Gasteiger partial charge in [-0.1, -0.05) is 38.5 Å². The highest BCUT2D eigenvalue weighted by molar-refractivity contribution is 5.73. The summed E-state index contributed by atoms with van der Waals surface area (Å²) in [7, 11) is 2.68. The van der Waals surface area contributed by atoms with Gasteiger partial charge in [-0.05, 0) is 26.2 Å². The van der Waals surface area contributed by atoms with E-state index in [4.69, 9.17) is 24.1 Å². The van der Waals surface area contributed by atoms with Gasteiger partial charge >= 0.3 is 5.97 Å². The van der Waals surface area contributed by atoms with E-state index >= 15 is 0 Å². The van der Waals surface area contributed by atoms with E-state index < -0.39 is 36.7 Å². The third kappa shape index (κ3) is 7.13.